The fraction of sp³-hybridized carbons (Fsp3) is 0.412. The Labute approximate surface area is 155 Å². The lowest BCUT2D eigenvalue weighted by Crippen LogP contribution is -2.32. The first-order valence-corrected chi connectivity index (χ1v) is 9.66. The average molecular weight is 380 g/mol. The van der Waals surface area contributed by atoms with Crippen LogP contribution in [0.5, 0.6) is 5.75 Å². The Balaban J connectivity index is 1.45. The van der Waals surface area contributed by atoms with Crippen molar-refractivity contribution in [1.82, 2.24) is 9.97 Å². The molecule has 0 radical (unpaired) electrons. The molecule has 8 heteroatoms. The normalized spacial score (nSPS) is 25.0. The van der Waals surface area contributed by atoms with E-state index in [9.17, 15) is 0 Å². The minimum atomic E-state index is -0.116. The van der Waals surface area contributed by atoms with Crippen molar-refractivity contribution in [3.05, 3.63) is 35.5 Å². The van der Waals surface area contributed by atoms with Crippen LogP contribution in [0.25, 0.3) is 0 Å². The molecule has 3 atom stereocenters. The predicted molar refractivity (Wildman–Crippen MR) is 97.1 cm³/mol. The zero-order valence-corrected chi connectivity index (χ0v) is 15.2. The van der Waals surface area contributed by atoms with Crippen LogP contribution in [-0.2, 0) is 9.47 Å². The van der Waals surface area contributed by atoms with Crippen molar-refractivity contribution in [1.29, 1.82) is 0 Å². The van der Waals surface area contributed by atoms with Crippen LogP contribution in [0.2, 0.25) is 5.02 Å². The molecule has 1 aromatic carbocycles. The SMILES string of the molecule is CSc1nccc(Nc2ccc(OC3COC4CCOC43)c(Cl)c2)n1. The first kappa shape index (κ1) is 16.9. The maximum atomic E-state index is 6.39. The van der Waals surface area contributed by atoms with E-state index in [1.807, 2.05) is 30.5 Å². The third-order valence-corrected chi connectivity index (χ3v) is 5.08. The van der Waals surface area contributed by atoms with Crippen LogP contribution in [0.1, 0.15) is 6.42 Å². The molecule has 0 spiro atoms. The monoisotopic (exact) mass is 379 g/mol. The Hall–Kier alpha value is -1.54. The Bertz CT molecular complexity index is 764. The molecule has 0 aliphatic carbocycles. The molecular weight excluding hydrogens is 362 g/mol. The van der Waals surface area contributed by atoms with E-state index in [0.717, 1.165) is 24.5 Å². The zero-order valence-electron chi connectivity index (χ0n) is 13.6. The molecule has 2 aromatic rings. The van der Waals surface area contributed by atoms with E-state index in [0.29, 0.717) is 22.5 Å². The third kappa shape index (κ3) is 3.69. The van der Waals surface area contributed by atoms with E-state index in [4.69, 9.17) is 25.8 Å². The molecule has 132 valence electrons. The molecule has 0 saturated carbocycles. The lowest BCUT2D eigenvalue weighted by atomic mass is 10.1. The third-order valence-electron chi connectivity index (χ3n) is 4.22. The van der Waals surface area contributed by atoms with E-state index < -0.39 is 0 Å². The zero-order chi connectivity index (χ0) is 17.2. The topological polar surface area (TPSA) is 65.5 Å². The van der Waals surface area contributed by atoms with Crippen LogP contribution in [-0.4, -0.2) is 47.7 Å². The molecule has 6 nitrogen and oxygen atoms in total. The Kier molecular flexibility index (Phi) is 4.98. The number of aromatic nitrogens is 2. The number of halogens is 1. The molecule has 0 amide bonds. The lowest BCUT2D eigenvalue weighted by Gasteiger charge is -2.19. The van der Waals surface area contributed by atoms with E-state index in [1.54, 1.807) is 6.20 Å². The molecule has 4 rings (SSSR count). The number of benzene rings is 1. The van der Waals surface area contributed by atoms with Crippen LogP contribution in [0, 0.1) is 0 Å². The molecule has 2 saturated heterocycles. The van der Waals surface area contributed by atoms with Crippen molar-refractivity contribution in [2.45, 2.75) is 29.9 Å². The van der Waals surface area contributed by atoms with E-state index >= 15 is 0 Å². The summed E-state index contributed by atoms with van der Waals surface area (Å²) >= 11 is 7.88. The van der Waals surface area contributed by atoms with Gasteiger partial charge in [-0.05, 0) is 36.9 Å². The van der Waals surface area contributed by atoms with Gasteiger partial charge in [-0.2, -0.15) is 0 Å². The molecule has 2 aliphatic rings. The molecule has 2 aliphatic heterocycles. The number of nitrogens with one attached hydrogen (secondary N) is 1. The summed E-state index contributed by atoms with van der Waals surface area (Å²) in [5.74, 6) is 1.35. The first-order valence-electron chi connectivity index (χ1n) is 8.06. The molecule has 25 heavy (non-hydrogen) atoms. The summed E-state index contributed by atoms with van der Waals surface area (Å²) in [7, 11) is 0. The number of ether oxygens (including phenoxy) is 3. The van der Waals surface area contributed by atoms with Crippen LogP contribution in [0.4, 0.5) is 11.5 Å². The largest absolute Gasteiger partial charge is 0.484 e. The summed E-state index contributed by atoms with van der Waals surface area (Å²) in [4.78, 5) is 8.55. The number of nitrogens with zero attached hydrogens (tertiary/aromatic N) is 2. The van der Waals surface area contributed by atoms with Gasteiger partial charge in [0.2, 0.25) is 0 Å². The molecule has 1 aromatic heterocycles. The van der Waals surface area contributed by atoms with E-state index in [2.05, 4.69) is 15.3 Å². The minimum absolute atomic E-state index is 0.000137. The van der Waals surface area contributed by atoms with Crippen molar-refractivity contribution < 1.29 is 14.2 Å². The number of rotatable bonds is 5. The summed E-state index contributed by atoms with van der Waals surface area (Å²) in [5.41, 5.74) is 0.834. The van der Waals surface area contributed by atoms with Gasteiger partial charge in [0.15, 0.2) is 11.3 Å². The number of thioether (sulfide) groups is 1. The Morgan fingerprint density at radius 1 is 1.32 bits per heavy atom. The highest BCUT2D eigenvalue weighted by Crippen LogP contribution is 2.34. The van der Waals surface area contributed by atoms with Crippen LogP contribution < -0.4 is 10.1 Å². The summed E-state index contributed by atoms with van der Waals surface area (Å²) < 4.78 is 17.4. The first-order chi connectivity index (χ1) is 12.2. The Morgan fingerprint density at radius 2 is 2.24 bits per heavy atom. The average Bonchev–Trinajstić information content (AvgIpc) is 3.22. The molecule has 3 heterocycles. The number of anilines is 2. The van der Waals surface area contributed by atoms with Crippen molar-refractivity contribution in [3.63, 3.8) is 0 Å². The Morgan fingerprint density at radius 3 is 3.08 bits per heavy atom. The molecule has 2 fully saturated rings. The van der Waals surface area contributed by atoms with Gasteiger partial charge in [-0.15, -0.1) is 0 Å². The molecular formula is C17H18ClN3O3S. The second-order valence-electron chi connectivity index (χ2n) is 5.85. The highest BCUT2D eigenvalue weighted by atomic mass is 35.5. The number of hydrogen-bond acceptors (Lipinski definition) is 7. The summed E-state index contributed by atoms with van der Waals surface area (Å²) in [6, 6.07) is 7.39. The maximum absolute atomic E-state index is 6.39. The second kappa shape index (κ2) is 7.37. The number of hydrogen-bond donors (Lipinski definition) is 1. The van der Waals surface area contributed by atoms with Gasteiger partial charge in [0.25, 0.3) is 0 Å². The van der Waals surface area contributed by atoms with Crippen LogP contribution in [0.15, 0.2) is 35.6 Å². The van der Waals surface area contributed by atoms with Gasteiger partial charge in [-0.1, -0.05) is 23.4 Å². The highest BCUT2D eigenvalue weighted by Gasteiger charge is 2.43. The highest BCUT2D eigenvalue weighted by molar-refractivity contribution is 7.98. The van der Waals surface area contributed by atoms with Crippen molar-refractivity contribution >= 4 is 34.9 Å². The van der Waals surface area contributed by atoms with E-state index in [-0.39, 0.29) is 18.3 Å². The van der Waals surface area contributed by atoms with Gasteiger partial charge in [0, 0.05) is 18.5 Å². The fourth-order valence-corrected chi connectivity index (χ4v) is 3.61. The minimum Gasteiger partial charge on any atom is -0.484 e. The van der Waals surface area contributed by atoms with Gasteiger partial charge >= 0.3 is 0 Å². The standard InChI is InChI=1S/C17H18ClN3O3S/c1-25-17-19-6-4-15(21-17)20-10-2-3-12(11(18)8-10)24-14-9-23-13-5-7-22-16(13)14/h2-4,6,8,13-14,16H,5,7,9H2,1H3,(H,19,20,21). The van der Waals surface area contributed by atoms with Gasteiger partial charge < -0.3 is 19.5 Å². The molecule has 1 N–H and O–H groups in total. The van der Waals surface area contributed by atoms with Gasteiger partial charge in [0.1, 0.15) is 17.7 Å². The second-order valence-corrected chi connectivity index (χ2v) is 7.03. The quantitative estimate of drug-likeness (QED) is 0.629. The molecule has 3 unspecified atom stereocenters. The molecule has 0 bridgehead atoms. The smallest absolute Gasteiger partial charge is 0.189 e. The lowest BCUT2D eigenvalue weighted by molar-refractivity contribution is 0.0309. The van der Waals surface area contributed by atoms with E-state index in [1.165, 1.54) is 11.8 Å². The van der Waals surface area contributed by atoms with Gasteiger partial charge in [-0.3, -0.25) is 0 Å². The maximum Gasteiger partial charge on any atom is 0.189 e. The predicted octanol–water partition coefficient (Wildman–Crippen LogP) is 3.53. The summed E-state index contributed by atoms with van der Waals surface area (Å²) in [6.07, 6.45) is 4.62. The van der Waals surface area contributed by atoms with Gasteiger partial charge in [-0.25, -0.2) is 9.97 Å². The fourth-order valence-electron chi connectivity index (χ4n) is 3.03. The van der Waals surface area contributed by atoms with Crippen molar-refractivity contribution in [2.75, 3.05) is 24.8 Å². The number of fused-ring (bicyclic) bond motifs is 1. The van der Waals surface area contributed by atoms with Crippen LogP contribution in [0.3, 0.4) is 0 Å². The van der Waals surface area contributed by atoms with Crippen molar-refractivity contribution in [3.8, 4) is 5.75 Å². The summed E-state index contributed by atoms with van der Waals surface area (Å²) in [5, 5.41) is 4.47. The van der Waals surface area contributed by atoms with Gasteiger partial charge in [0.05, 0.1) is 17.7 Å². The van der Waals surface area contributed by atoms with Crippen LogP contribution >= 0.6 is 23.4 Å². The van der Waals surface area contributed by atoms with Crippen molar-refractivity contribution in [2.24, 2.45) is 0 Å². The summed E-state index contributed by atoms with van der Waals surface area (Å²) in [6.45, 7) is 1.26.